The van der Waals surface area contributed by atoms with Gasteiger partial charge in [0.05, 0.1) is 18.1 Å². The SMILES string of the molecule is CNC(=O)CN(C)C(=O)[C@]12CC[C@@H](C)[C@H](C)[C@H]1C1=CC[C@@H]3[C@@]4(C)CC[C@H](O)C(C)(C)[C@@H]4CC[C@@]3(C)[C@]1(C)CC2. The molecule has 5 nitrogen and oxygen atoms in total. The maximum Gasteiger partial charge on any atom is 0.239 e. The number of carbonyl (C=O) groups excluding carboxylic acids is 2. The number of nitrogens with zero attached hydrogens (tertiary/aromatic N) is 1. The highest BCUT2D eigenvalue weighted by Gasteiger charge is 2.69. The minimum atomic E-state index is -0.402. The van der Waals surface area contributed by atoms with Crippen molar-refractivity contribution < 1.29 is 14.7 Å². The van der Waals surface area contributed by atoms with Gasteiger partial charge in [0.15, 0.2) is 0 Å². The molecule has 2 N–H and O–H groups in total. The number of aliphatic hydroxyl groups is 1. The van der Waals surface area contributed by atoms with Gasteiger partial charge in [-0.25, -0.2) is 0 Å². The fraction of sp³-hybridized carbons (Fsp3) is 0.882. The molecule has 0 unspecified atom stereocenters. The summed E-state index contributed by atoms with van der Waals surface area (Å²) in [5.41, 5.74) is 1.61. The lowest BCUT2D eigenvalue weighted by molar-refractivity contribution is -0.205. The summed E-state index contributed by atoms with van der Waals surface area (Å²) in [6.07, 6.45) is 11.9. The average molecular weight is 541 g/mol. The Kier molecular flexibility index (Phi) is 6.97. The number of likely N-dealkylation sites (N-methyl/N-ethyl adjacent to an activating group) is 2. The Balaban J connectivity index is 1.57. The van der Waals surface area contributed by atoms with E-state index >= 15 is 0 Å². The Hall–Kier alpha value is -1.36. The second-order valence-electron chi connectivity index (χ2n) is 16.0. The summed E-state index contributed by atoms with van der Waals surface area (Å²) in [4.78, 5) is 28.3. The van der Waals surface area contributed by atoms with Gasteiger partial charge in [0.25, 0.3) is 0 Å². The highest BCUT2D eigenvalue weighted by atomic mass is 16.3. The van der Waals surface area contributed by atoms with Crippen molar-refractivity contribution in [2.24, 2.45) is 56.7 Å². The van der Waals surface area contributed by atoms with Crippen LogP contribution >= 0.6 is 0 Å². The van der Waals surface area contributed by atoms with Crippen LogP contribution < -0.4 is 5.32 Å². The summed E-state index contributed by atoms with van der Waals surface area (Å²) in [6.45, 7) is 17.3. The molecule has 2 amide bonds. The van der Waals surface area contributed by atoms with Crippen molar-refractivity contribution in [2.75, 3.05) is 20.6 Å². The van der Waals surface area contributed by atoms with Crippen LogP contribution in [-0.2, 0) is 9.59 Å². The quantitative estimate of drug-likeness (QED) is 0.418. The van der Waals surface area contributed by atoms with Crippen LogP contribution in [0.4, 0.5) is 0 Å². The number of fused-ring (bicyclic) bond motifs is 7. The first kappa shape index (κ1) is 29.1. The molecule has 0 aliphatic heterocycles. The van der Waals surface area contributed by atoms with E-state index in [9.17, 15) is 14.7 Å². The molecule has 0 radical (unpaired) electrons. The van der Waals surface area contributed by atoms with E-state index in [0.717, 1.165) is 44.9 Å². The number of carbonyl (C=O) groups is 2. The van der Waals surface area contributed by atoms with Crippen LogP contribution in [0, 0.1) is 56.7 Å². The monoisotopic (exact) mass is 540 g/mol. The van der Waals surface area contributed by atoms with Crippen molar-refractivity contribution in [3.63, 3.8) is 0 Å². The number of aliphatic hydroxyl groups excluding tert-OH is 1. The van der Waals surface area contributed by atoms with Gasteiger partial charge in [0.2, 0.25) is 11.8 Å². The lowest BCUT2D eigenvalue weighted by atomic mass is 9.33. The lowest BCUT2D eigenvalue weighted by Crippen LogP contribution is -2.66. The summed E-state index contributed by atoms with van der Waals surface area (Å²) in [7, 11) is 3.47. The van der Waals surface area contributed by atoms with Gasteiger partial charge in [-0.05, 0) is 109 Å². The number of rotatable bonds is 3. The Morgan fingerprint density at radius 1 is 0.974 bits per heavy atom. The number of hydrogen-bond acceptors (Lipinski definition) is 3. The minimum absolute atomic E-state index is 0.0456. The molecular weight excluding hydrogens is 484 g/mol. The van der Waals surface area contributed by atoms with Gasteiger partial charge in [-0.15, -0.1) is 0 Å². The van der Waals surface area contributed by atoms with Crippen LogP contribution in [0.5, 0.6) is 0 Å². The van der Waals surface area contributed by atoms with Crippen LogP contribution in [-0.4, -0.2) is 48.6 Å². The van der Waals surface area contributed by atoms with Crippen molar-refractivity contribution in [1.82, 2.24) is 10.2 Å². The third kappa shape index (κ3) is 3.79. The second-order valence-corrected chi connectivity index (χ2v) is 16.0. The average Bonchev–Trinajstić information content (AvgIpc) is 2.88. The van der Waals surface area contributed by atoms with E-state index in [2.05, 4.69) is 59.9 Å². The molecule has 39 heavy (non-hydrogen) atoms. The van der Waals surface area contributed by atoms with E-state index in [4.69, 9.17) is 0 Å². The van der Waals surface area contributed by atoms with Crippen molar-refractivity contribution in [3.8, 4) is 0 Å². The topological polar surface area (TPSA) is 69.6 Å². The molecule has 0 spiro atoms. The maximum atomic E-state index is 14.3. The molecule has 0 aromatic heterocycles. The smallest absolute Gasteiger partial charge is 0.239 e. The molecular formula is C34H56N2O3. The van der Waals surface area contributed by atoms with Gasteiger partial charge in [-0.3, -0.25) is 9.59 Å². The molecule has 0 bridgehead atoms. The fourth-order valence-electron chi connectivity index (χ4n) is 11.6. The first-order chi connectivity index (χ1) is 18.1. The van der Waals surface area contributed by atoms with Gasteiger partial charge in [-0.1, -0.05) is 60.1 Å². The van der Waals surface area contributed by atoms with Crippen LogP contribution in [0.2, 0.25) is 0 Å². The van der Waals surface area contributed by atoms with Crippen molar-refractivity contribution >= 4 is 11.8 Å². The maximum absolute atomic E-state index is 14.3. The zero-order chi connectivity index (χ0) is 28.8. The zero-order valence-electron chi connectivity index (χ0n) is 26.3. The summed E-state index contributed by atoms with van der Waals surface area (Å²) in [5, 5.41) is 13.7. The van der Waals surface area contributed by atoms with E-state index in [-0.39, 0.29) is 52.0 Å². The van der Waals surface area contributed by atoms with E-state index in [1.54, 1.807) is 17.5 Å². The van der Waals surface area contributed by atoms with Gasteiger partial charge < -0.3 is 15.3 Å². The summed E-state index contributed by atoms with van der Waals surface area (Å²) >= 11 is 0. The Morgan fingerprint density at radius 3 is 2.33 bits per heavy atom. The third-order valence-electron chi connectivity index (χ3n) is 14.4. The molecule has 5 aliphatic rings. The summed E-state index contributed by atoms with van der Waals surface area (Å²) < 4.78 is 0. The molecule has 5 aliphatic carbocycles. The molecule has 0 aromatic carbocycles. The predicted octanol–water partition coefficient (Wildman–Crippen LogP) is 6.21. The summed E-state index contributed by atoms with van der Waals surface area (Å²) in [5.74, 6) is 2.49. The fourth-order valence-corrected chi connectivity index (χ4v) is 11.6. The van der Waals surface area contributed by atoms with Crippen molar-refractivity contribution in [3.05, 3.63) is 11.6 Å². The third-order valence-corrected chi connectivity index (χ3v) is 14.4. The highest BCUT2D eigenvalue weighted by Crippen LogP contribution is 2.75. The number of hydrogen-bond donors (Lipinski definition) is 2. The van der Waals surface area contributed by atoms with Gasteiger partial charge in [0.1, 0.15) is 0 Å². The van der Waals surface area contributed by atoms with E-state index in [1.165, 1.54) is 12.8 Å². The molecule has 4 saturated carbocycles. The standard InChI is InChI=1S/C34H56N2O3/c1-21-12-17-34(29(39)36(9)20-27(38)35-8)19-18-32(6)23(28(34)22(21)2)10-11-25-31(5)15-14-26(37)30(3,4)24(31)13-16-33(25,32)7/h10,21-22,24-26,28,37H,11-20H2,1-9H3,(H,35,38)/t21-,22+,24+,25-,26+,28+,31+,32-,33-,34+/m1/s1. The van der Waals surface area contributed by atoms with E-state index < -0.39 is 5.41 Å². The number of nitrogens with one attached hydrogen (secondary N) is 1. The van der Waals surface area contributed by atoms with Crippen molar-refractivity contribution in [1.29, 1.82) is 0 Å². The lowest BCUT2D eigenvalue weighted by Gasteiger charge is -2.71. The number of allylic oxidation sites excluding steroid dienone is 2. The zero-order valence-corrected chi connectivity index (χ0v) is 26.3. The van der Waals surface area contributed by atoms with Crippen LogP contribution in [0.3, 0.4) is 0 Å². The normalized spacial score (nSPS) is 48.4. The molecule has 220 valence electrons. The second kappa shape index (κ2) is 9.33. The Bertz CT molecular complexity index is 1050. The molecule has 5 heteroatoms. The van der Waals surface area contributed by atoms with Crippen LogP contribution in [0.15, 0.2) is 11.6 Å². The van der Waals surface area contributed by atoms with Crippen molar-refractivity contribution in [2.45, 2.75) is 112 Å². The van der Waals surface area contributed by atoms with Gasteiger partial charge in [-0.2, -0.15) is 0 Å². The predicted molar refractivity (Wildman–Crippen MR) is 157 cm³/mol. The minimum Gasteiger partial charge on any atom is -0.393 e. The first-order valence-electron chi connectivity index (χ1n) is 15.9. The van der Waals surface area contributed by atoms with Crippen LogP contribution in [0.1, 0.15) is 106 Å². The molecule has 10 atom stereocenters. The Morgan fingerprint density at radius 2 is 1.67 bits per heavy atom. The van der Waals surface area contributed by atoms with E-state index in [0.29, 0.717) is 23.7 Å². The molecule has 0 aromatic rings. The highest BCUT2D eigenvalue weighted by molar-refractivity contribution is 5.88. The molecule has 5 rings (SSSR count). The molecule has 0 saturated heterocycles. The van der Waals surface area contributed by atoms with Crippen LogP contribution in [0.25, 0.3) is 0 Å². The molecule has 0 heterocycles. The summed E-state index contributed by atoms with van der Waals surface area (Å²) in [6, 6.07) is 0. The molecule has 4 fully saturated rings. The Labute approximate surface area is 237 Å². The van der Waals surface area contributed by atoms with Gasteiger partial charge >= 0.3 is 0 Å². The number of amides is 2. The van der Waals surface area contributed by atoms with Gasteiger partial charge in [0, 0.05) is 14.1 Å². The first-order valence-corrected chi connectivity index (χ1v) is 15.9. The van der Waals surface area contributed by atoms with E-state index in [1.807, 2.05) is 7.05 Å². The largest absolute Gasteiger partial charge is 0.393 e.